The Hall–Kier alpha value is -3.16. The molecule has 0 aliphatic rings. The van der Waals surface area contributed by atoms with Crippen LogP contribution in [0.1, 0.15) is 31.9 Å². The van der Waals surface area contributed by atoms with Crippen LogP contribution in [0.5, 0.6) is 0 Å². The average Bonchev–Trinajstić information content (AvgIpc) is 3.03. The molecule has 0 radical (unpaired) electrons. The van der Waals surface area contributed by atoms with Crippen molar-refractivity contribution in [3.63, 3.8) is 0 Å². The van der Waals surface area contributed by atoms with Crippen molar-refractivity contribution in [2.24, 2.45) is 5.92 Å². The zero-order valence-corrected chi connectivity index (χ0v) is 17.4. The molecule has 0 N–H and O–H groups in total. The molecule has 0 amide bonds. The van der Waals surface area contributed by atoms with E-state index in [2.05, 4.69) is 4.98 Å². The van der Waals surface area contributed by atoms with E-state index in [0.717, 1.165) is 11.1 Å². The van der Waals surface area contributed by atoms with Crippen LogP contribution in [0.15, 0.2) is 34.1 Å². The third kappa shape index (κ3) is 3.87. The molecule has 0 atom stereocenters. The zero-order valence-electron chi connectivity index (χ0n) is 17.4. The maximum absolute atomic E-state index is 13.3. The van der Waals surface area contributed by atoms with Gasteiger partial charge >= 0.3 is 11.7 Å². The van der Waals surface area contributed by atoms with Gasteiger partial charge in [0.2, 0.25) is 0 Å². The van der Waals surface area contributed by atoms with Gasteiger partial charge in [-0.15, -0.1) is 0 Å². The predicted molar refractivity (Wildman–Crippen MR) is 111 cm³/mol. The van der Waals surface area contributed by atoms with Gasteiger partial charge in [0.05, 0.1) is 18.6 Å². The predicted octanol–water partition coefficient (Wildman–Crippen LogP) is 2.18. The number of benzene rings is 1. The SMILES string of the molecule is CCOC(=O)Cn1cnc2c1c(=O)n(CC(C)C)c(=O)n2-c1ccc(C)cc1C. The number of carbonyl (C=O) groups excluding carboxylic acids is 1. The summed E-state index contributed by atoms with van der Waals surface area (Å²) in [6.07, 6.45) is 1.40. The summed E-state index contributed by atoms with van der Waals surface area (Å²) in [5.41, 5.74) is 2.16. The molecule has 0 spiro atoms. The number of esters is 1. The third-order valence-corrected chi connectivity index (χ3v) is 4.65. The number of hydrogen-bond acceptors (Lipinski definition) is 5. The summed E-state index contributed by atoms with van der Waals surface area (Å²) in [6, 6.07) is 5.73. The van der Waals surface area contributed by atoms with Gasteiger partial charge in [0, 0.05) is 6.54 Å². The van der Waals surface area contributed by atoms with Crippen molar-refractivity contribution in [1.82, 2.24) is 18.7 Å². The highest BCUT2D eigenvalue weighted by atomic mass is 16.5. The molecule has 3 rings (SSSR count). The van der Waals surface area contributed by atoms with Crippen molar-refractivity contribution in [2.75, 3.05) is 6.61 Å². The van der Waals surface area contributed by atoms with E-state index in [4.69, 9.17) is 4.74 Å². The van der Waals surface area contributed by atoms with Gasteiger partial charge < -0.3 is 9.30 Å². The van der Waals surface area contributed by atoms with Gasteiger partial charge in [-0.2, -0.15) is 0 Å². The Bertz CT molecular complexity index is 1180. The monoisotopic (exact) mass is 398 g/mol. The second-order valence-corrected chi connectivity index (χ2v) is 7.57. The molecule has 8 heteroatoms. The van der Waals surface area contributed by atoms with E-state index in [1.165, 1.54) is 20.0 Å². The highest BCUT2D eigenvalue weighted by Crippen LogP contribution is 2.18. The Balaban J connectivity index is 2.35. The maximum Gasteiger partial charge on any atom is 0.337 e. The van der Waals surface area contributed by atoms with Crippen LogP contribution < -0.4 is 11.2 Å². The third-order valence-electron chi connectivity index (χ3n) is 4.65. The number of imidazole rings is 1. The second kappa shape index (κ2) is 8.06. The van der Waals surface area contributed by atoms with Gasteiger partial charge in [0.15, 0.2) is 11.2 Å². The molecule has 0 bridgehead atoms. The number of fused-ring (bicyclic) bond motifs is 1. The summed E-state index contributed by atoms with van der Waals surface area (Å²) in [7, 11) is 0. The van der Waals surface area contributed by atoms with E-state index in [1.807, 2.05) is 45.9 Å². The van der Waals surface area contributed by atoms with Crippen LogP contribution in [0.2, 0.25) is 0 Å². The van der Waals surface area contributed by atoms with Gasteiger partial charge in [0.25, 0.3) is 5.56 Å². The van der Waals surface area contributed by atoms with E-state index < -0.39 is 17.2 Å². The Morgan fingerprint density at radius 2 is 1.93 bits per heavy atom. The minimum absolute atomic E-state index is 0.0897. The van der Waals surface area contributed by atoms with E-state index in [-0.39, 0.29) is 36.8 Å². The van der Waals surface area contributed by atoms with Crippen LogP contribution in [0.25, 0.3) is 16.9 Å². The van der Waals surface area contributed by atoms with Crippen LogP contribution in [0.4, 0.5) is 0 Å². The molecule has 0 fully saturated rings. The molecule has 0 aliphatic carbocycles. The fourth-order valence-corrected chi connectivity index (χ4v) is 3.45. The quantitative estimate of drug-likeness (QED) is 0.594. The number of ether oxygens (including phenoxy) is 1. The molecule has 2 aromatic heterocycles. The van der Waals surface area contributed by atoms with Gasteiger partial charge in [-0.1, -0.05) is 31.5 Å². The lowest BCUT2D eigenvalue weighted by Crippen LogP contribution is -2.41. The number of rotatable bonds is 6. The van der Waals surface area contributed by atoms with Gasteiger partial charge in [-0.05, 0) is 38.3 Å². The molecule has 3 aromatic rings. The standard InChI is InChI=1S/C21H26N4O4/c1-6-29-17(26)11-23-12-22-19-18(23)20(27)24(10-13(2)3)21(28)25(19)16-8-7-14(4)9-15(16)5/h7-9,12-13H,6,10-11H2,1-5H3. The lowest BCUT2D eigenvalue weighted by atomic mass is 10.1. The smallest absolute Gasteiger partial charge is 0.337 e. The van der Waals surface area contributed by atoms with Crippen LogP contribution in [-0.2, 0) is 22.6 Å². The molecular formula is C21H26N4O4. The molecule has 0 saturated carbocycles. The van der Waals surface area contributed by atoms with Crippen LogP contribution >= 0.6 is 0 Å². The lowest BCUT2D eigenvalue weighted by molar-refractivity contribution is -0.143. The van der Waals surface area contributed by atoms with E-state index in [1.54, 1.807) is 6.92 Å². The summed E-state index contributed by atoms with van der Waals surface area (Å²) in [4.78, 5) is 42.8. The summed E-state index contributed by atoms with van der Waals surface area (Å²) in [6.45, 7) is 9.85. The summed E-state index contributed by atoms with van der Waals surface area (Å²) < 4.78 is 9.13. The molecule has 0 unspecified atom stereocenters. The summed E-state index contributed by atoms with van der Waals surface area (Å²) in [5.74, 6) is -0.377. The first kappa shape index (κ1) is 20.6. The van der Waals surface area contributed by atoms with E-state index >= 15 is 0 Å². The first-order valence-corrected chi connectivity index (χ1v) is 9.68. The molecule has 2 heterocycles. The Kier molecular flexibility index (Phi) is 5.72. The fraction of sp³-hybridized carbons (Fsp3) is 0.429. The van der Waals surface area contributed by atoms with Gasteiger partial charge in [-0.3, -0.25) is 14.2 Å². The molecular weight excluding hydrogens is 372 g/mol. The number of carbonyl (C=O) groups is 1. The van der Waals surface area contributed by atoms with Crippen molar-refractivity contribution >= 4 is 17.1 Å². The topological polar surface area (TPSA) is 88.1 Å². The molecule has 0 saturated heterocycles. The van der Waals surface area contributed by atoms with Crippen molar-refractivity contribution in [3.05, 3.63) is 56.5 Å². The van der Waals surface area contributed by atoms with Crippen LogP contribution in [0.3, 0.4) is 0 Å². The Morgan fingerprint density at radius 3 is 2.55 bits per heavy atom. The Labute approximate surface area is 168 Å². The molecule has 0 aliphatic heterocycles. The lowest BCUT2D eigenvalue weighted by Gasteiger charge is -2.15. The minimum atomic E-state index is -0.467. The number of aryl methyl sites for hydroxylation is 2. The van der Waals surface area contributed by atoms with Crippen molar-refractivity contribution in [3.8, 4) is 5.69 Å². The first-order chi connectivity index (χ1) is 13.7. The van der Waals surface area contributed by atoms with Gasteiger partial charge in [0.1, 0.15) is 6.54 Å². The summed E-state index contributed by atoms with van der Waals surface area (Å²) >= 11 is 0. The van der Waals surface area contributed by atoms with Crippen molar-refractivity contribution < 1.29 is 9.53 Å². The highest BCUT2D eigenvalue weighted by molar-refractivity contribution is 5.76. The van der Waals surface area contributed by atoms with Crippen LogP contribution in [-0.4, -0.2) is 31.3 Å². The number of aromatic nitrogens is 4. The Morgan fingerprint density at radius 1 is 1.21 bits per heavy atom. The van der Waals surface area contributed by atoms with Crippen molar-refractivity contribution in [1.29, 1.82) is 0 Å². The first-order valence-electron chi connectivity index (χ1n) is 9.68. The molecule has 8 nitrogen and oxygen atoms in total. The molecule has 29 heavy (non-hydrogen) atoms. The number of nitrogens with zero attached hydrogens (tertiary/aromatic N) is 4. The largest absolute Gasteiger partial charge is 0.465 e. The van der Waals surface area contributed by atoms with Crippen LogP contribution in [0, 0.1) is 19.8 Å². The zero-order chi connectivity index (χ0) is 21.3. The molecule has 1 aromatic carbocycles. The second-order valence-electron chi connectivity index (χ2n) is 7.57. The summed E-state index contributed by atoms with van der Waals surface area (Å²) in [5, 5.41) is 0. The van der Waals surface area contributed by atoms with Gasteiger partial charge in [-0.25, -0.2) is 14.3 Å². The fourth-order valence-electron chi connectivity index (χ4n) is 3.45. The number of hydrogen-bond donors (Lipinski definition) is 0. The van der Waals surface area contributed by atoms with E-state index in [9.17, 15) is 14.4 Å². The maximum atomic E-state index is 13.3. The van der Waals surface area contributed by atoms with E-state index in [0.29, 0.717) is 5.69 Å². The van der Waals surface area contributed by atoms with Crippen molar-refractivity contribution in [2.45, 2.75) is 47.7 Å². The highest BCUT2D eigenvalue weighted by Gasteiger charge is 2.21. The minimum Gasteiger partial charge on any atom is -0.465 e. The normalized spacial score (nSPS) is 11.4. The average molecular weight is 398 g/mol. The molecule has 154 valence electrons.